The number of carbonyl (C=O) groups excluding carboxylic acids is 3. The normalized spacial score (nSPS) is 39.0. The Morgan fingerprint density at radius 1 is 0.614 bits per heavy atom. The molecule has 11 unspecified atom stereocenters. The topological polar surface area (TPSA) is 339 Å². The molecule has 0 bridgehead atoms. The molecule has 0 aliphatic carbocycles. The summed E-state index contributed by atoms with van der Waals surface area (Å²) in [7, 11) is 0. The first-order valence-corrected chi connectivity index (χ1v) is 19.2. The lowest BCUT2D eigenvalue weighted by Gasteiger charge is -2.43. The molecule has 0 spiro atoms. The van der Waals surface area contributed by atoms with E-state index in [2.05, 4.69) is 10.6 Å². The average molecular weight is 828 g/mol. The second-order valence-corrected chi connectivity index (χ2v) is 16.4. The van der Waals surface area contributed by atoms with Crippen molar-refractivity contribution in [2.75, 3.05) is 26.4 Å². The molecule has 0 radical (unpaired) electrons. The van der Waals surface area contributed by atoms with Gasteiger partial charge < -0.3 is 90.7 Å². The molecular weight excluding hydrogens is 762 g/mol. The molecule has 2 amide bonds. The van der Waals surface area contributed by atoms with Crippen LogP contribution in [0.3, 0.4) is 0 Å². The second kappa shape index (κ2) is 21.0. The zero-order valence-electron chi connectivity index (χ0n) is 33.7. The summed E-state index contributed by atoms with van der Waals surface area (Å²) in [5, 5.41) is 96.5. The molecule has 13 N–H and O–H groups in total. The van der Waals surface area contributed by atoms with Crippen molar-refractivity contribution in [3.8, 4) is 0 Å². The number of ketones is 1. The standard InChI is InChI=1S/C36H65N3O18/c1-13-24(43)27(46)19(9-40)55-33(13)52-12-18(37)31(50)39-23(17(5)54-35-15(3)26(45)29(48)21(11-42)57-35)32(51)38-22(30(49)36(6,7)8)16(4)53-34-14(2)25(44)28(47)20(10-41)56-34/h13-29,33-35,40-48H,9-12,37H2,1-8H3,(H,38,51)(H,39,50)/t13-,14-,15-,16?,17?,18?,19?,20?,21?,22?,23?,24+,25+,26+,27-,28-,29-,33?,34?,35?/m0/s1. The van der Waals surface area contributed by atoms with Crippen LogP contribution in [0, 0.1) is 23.2 Å². The molecule has 21 nitrogen and oxygen atoms in total. The van der Waals surface area contributed by atoms with Gasteiger partial charge in [-0.2, -0.15) is 0 Å². The summed E-state index contributed by atoms with van der Waals surface area (Å²) in [5.74, 6) is -4.98. The summed E-state index contributed by atoms with van der Waals surface area (Å²) in [5.41, 5.74) is 5.09. The maximum absolute atomic E-state index is 14.3. The Bertz CT molecular complexity index is 1300. The number of hydrogen-bond acceptors (Lipinski definition) is 19. The van der Waals surface area contributed by atoms with Crippen molar-refractivity contribution >= 4 is 17.6 Å². The number of nitrogens with two attached hydrogens (primary N) is 1. The van der Waals surface area contributed by atoms with Crippen LogP contribution in [0.1, 0.15) is 55.4 Å². The van der Waals surface area contributed by atoms with Gasteiger partial charge in [-0.05, 0) is 13.8 Å². The predicted molar refractivity (Wildman–Crippen MR) is 194 cm³/mol. The summed E-state index contributed by atoms with van der Waals surface area (Å²) in [4.78, 5) is 41.8. The number of Topliss-reactive ketones (excluding diaryl/α,β-unsaturated/α-hetero) is 1. The van der Waals surface area contributed by atoms with E-state index in [9.17, 15) is 60.3 Å². The third-order valence-electron chi connectivity index (χ3n) is 10.9. The van der Waals surface area contributed by atoms with Gasteiger partial charge in [-0.3, -0.25) is 14.4 Å². The molecule has 21 heteroatoms. The highest BCUT2D eigenvalue weighted by molar-refractivity contribution is 5.96. The molecule has 3 aliphatic heterocycles. The monoisotopic (exact) mass is 827 g/mol. The first-order valence-electron chi connectivity index (χ1n) is 19.2. The number of amides is 2. The van der Waals surface area contributed by atoms with Gasteiger partial charge in [-0.1, -0.05) is 41.5 Å². The third kappa shape index (κ3) is 11.8. The fraction of sp³-hybridized carbons (Fsp3) is 0.917. The number of aliphatic hydroxyl groups is 9. The fourth-order valence-electron chi connectivity index (χ4n) is 6.78. The molecule has 0 aromatic rings. The second-order valence-electron chi connectivity index (χ2n) is 16.4. The molecule has 3 aliphatic rings. The molecule has 0 saturated carbocycles. The Labute approximate surface area is 331 Å². The van der Waals surface area contributed by atoms with E-state index in [-0.39, 0.29) is 0 Å². The van der Waals surface area contributed by atoms with Crippen molar-refractivity contribution in [2.45, 2.75) is 160 Å². The van der Waals surface area contributed by atoms with Crippen molar-refractivity contribution in [3.63, 3.8) is 0 Å². The smallest absolute Gasteiger partial charge is 0.245 e. The Hall–Kier alpha value is -2.03. The van der Waals surface area contributed by atoms with Crippen molar-refractivity contribution in [3.05, 3.63) is 0 Å². The average Bonchev–Trinajstić information content (AvgIpc) is 3.16. The molecule has 20 atom stereocenters. The van der Waals surface area contributed by atoms with Gasteiger partial charge in [0.2, 0.25) is 11.8 Å². The summed E-state index contributed by atoms with van der Waals surface area (Å²) >= 11 is 0. The Balaban J connectivity index is 1.89. The highest BCUT2D eigenvalue weighted by Gasteiger charge is 2.48. The number of carbonyl (C=O) groups is 3. The lowest BCUT2D eigenvalue weighted by molar-refractivity contribution is -0.294. The lowest BCUT2D eigenvalue weighted by atomic mass is 9.84. The van der Waals surface area contributed by atoms with E-state index in [4.69, 9.17) is 34.2 Å². The Kier molecular flexibility index (Phi) is 18.2. The maximum Gasteiger partial charge on any atom is 0.245 e. The lowest BCUT2D eigenvalue weighted by Crippen LogP contribution is -2.63. The molecule has 57 heavy (non-hydrogen) atoms. The summed E-state index contributed by atoms with van der Waals surface area (Å²) in [6.07, 6.45) is -18.2. The summed E-state index contributed by atoms with van der Waals surface area (Å²) in [6, 6.07) is -4.57. The largest absolute Gasteiger partial charge is 0.394 e. The van der Waals surface area contributed by atoms with Crippen LogP contribution in [0.4, 0.5) is 0 Å². The zero-order valence-corrected chi connectivity index (χ0v) is 33.7. The van der Waals surface area contributed by atoms with E-state index in [0.29, 0.717) is 0 Å². The van der Waals surface area contributed by atoms with Gasteiger partial charge in [0.15, 0.2) is 24.7 Å². The van der Waals surface area contributed by atoms with E-state index in [1.54, 1.807) is 20.8 Å². The molecule has 0 aromatic heterocycles. The van der Waals surface area contributed by atoms with Gasteiger partial charge in [0.1, 0.15) is 54.7 Å². The fourth-order valence-corrected chi connectivity index (χ4v) is 6.78. The van der Waals surface area contributed by atoms with Crippen LogP contribution in [0.5, 0.6) is 0 Å². The number of nitrogens with one attached hydrogen (secondary N) is 2. The molecule has 3 saturated heterocycles. The number of rotatable bonds is 17. The third-order valence-corrected chi connectivity index (χ3v) is 10.9. The summed E-state index contributed by atoms with van der Waals surface area (Å²) < 4.78 is 34.6. The van der Waals surface area contributed by atoms with Gasteiger partial charge >= 0.3 is 0 Å². The van der Waals surface area contributed by atoms with Crippen molar-refractivity contribution in [2.24, 2.45) is 28.9 Å². The van der Waals surface area contributed by atoms with Crippen molar-refractivity contribution in [1.82, 2.24) is 10.6 Å². The van der Waals surface area contributed by atoms with E-state index < -0.39 is 171 Å². The van der Waals surface area contributed by atoms with Crippen LogP contribution in [0.15, 0.2) is 0 Å². The highest BCUT2D eigenvalue weighted by atomic mass is 16.7. The summed E-state index contributed by atoms with van der Waals surface area (Å²) in [6.45, 7) is 9.70. The molecule has 0 aromatic carbocycles. The Morgan fingerprint density at radius 3 is 1.35 bits per heavy atom. The van der Waals surface area contributed by atoms with Gasteiger partial charge in [0, 0.05) is 23.2 Å². The van der Waals surface area contributed by atoms with E-state index in [1.165, 1.54) is 34.6 Å². The SMILES string of the molecule is CC(OC1OC(CO)[C@H](O)[C@H](O)[C@@H]1C)C(NC(=O)C(N)COC1OC(CO)[C@H](O)[C@H](O)[C@@H]1C)C(=O)NC(C(=O)C(C)(C)C)C(C)OC1OC(CO)[C@H](O)[C@H](O)[C@@H]1C. The quantitative estimate of drug-likeness (QED) is 0.0653. The first-order chi connectivity index (χ1) is 26.5. The van der Waals surface area contributed by atoms with Crippen LogP contribution in [0.2, 0.25) is 0 Å². The van der Waals surface area contributed by atoms with Gasteiger partial charge in [-0.15, -0.1) is 0 Å². The van der Waals surface area contributed by atoms with E-state index in [0.717, 1.165) is 0 Å². The van der Waals surface area contributed by atoms with E-state index in [1.807, 2.05) is 0 Å². The van der Waals surface area contributed by atoms with Crippen LogP contribution >= 0.6 is 0 Å². The first kappa shape index (κ1) is 49.3. The van der Waals surface area contributed by atoms with Gasteiger partial charge in [0.25, 0.3) is 0 Å². The minimum Gasteiger partial charge on any atom is -0.394 e. The van der Waals surface area contributed by atoms with Gasteiger partial charge in [0.05, 0.1) is 56.9 Å². The van der Waals surface area contributed by atoms with Crippen LogP contribution < -0.4 is 16.4 Å². The maximum atomic E-state index is 14.3. The minimum atomic E-state index is -1.65. The van der Waals surface area contributed by atoms with Crippen molar-refractivity contribution in [1.29, 1.82) is 0 Å². The Morgan fingerprint density at radius 2 is 0.965 bits per heavy atom. The number of aliphatic hydroxyl groups excluding tert-OH is 9. The van der Waals surface area contributed by atoms with Crippen LogP contribution in [-0.4, -0.2) is 194 Å². The number of hydrogen-bond donors (Lipinski definition) is 12. The van der Waals surface area contributed by atoms with Crippen LogP contribution in [-0.2, 0) is 42.8 Å². The van der Waals surface area contributed by atoms with Crippen molar-refractivity contribution < 1.29 is 88.8 Å². The van der Waals surface area contributed by atoms with E-state index >= 15 is 0 Å². The zero-order chi connectivity index (χ0) is 43.3. The minimum absolute atomic E-state index is 0.517. The molecule has 3 rings (SSSR count). The predicted octanol–water partition coefficient (Wildman–Crippen LogP) is -5.05. The van der Waals surface area contributed by atoms with Gasteiger partial charge in [-0.25, -0.2) is 0 Å². The molecule has 332 valence electrons. The molecule has 3 heterocycles. The highest BCUT2D eigenvalue weighted by Crippen LogP contribution is 2.31. The van der Waals surface area contributed by atoms with Crippen LogP contribution in [0.25, 0.3) is 0 Å². The molecular formula is C36H65N3O18. The molecule has 3 fully saturated rings. The number of ether oxygens (including phenoxy) is 6.